The lowest BCUT2D eigenvalue weighted by Crippen LogP contribution is -2.44. The topological polar surface area (TPSA) is 20.3 Å². The van der Waals surface area contributed by atoms with Crippen molar-refractivity contribution in [2.75, 3.05) is 11.9 Å². The summed E-state index contributed by atoms with van der Waals surface area (Å²) < 4.78 is 13.7. The number of carbonyl (C=O) groups excluding carboxylic acids is 1. The first-order valence-corrected chi connectivity index (χ1v) is 7.38. The van der Waals surface area contributed by atoms with Crippen LogP contribution in [0.5, 0.6) is 0 Å². The molecular formula is C14H17BrFNO. The van der Waals surface area contributed by atoms with Gasteiger partial charge < -0.3 is 4.90 Å². The Hall–Kier alpha value is -0.900. The summed E-state index contributed by atoms with van der Waals surface area (Å²) in [6.07, 6.45) is 3.13. The summed E-state index contributed by atoms with van der Waals surface area (Å²) in [5, 5.41) is 0.756. The van der Waals surface area contributed by atoms with Crippen LogP contribution in [0.1, 0.15) is 35.2 Å². The number of aryl methyl sites for hydroxylation is 1. The fourth-order valence-corrected chi connectivity index (χ4v) is 3.06. The van der Waals surface area contributed by atoms with E-state index in [2.05, 4.69) is 15.9 Å². The number of hydrogen-bond donors (Lipinski definition) is 0. The van der Waals surface area contributed by atoms with Crippen LogP contribution in [0.3, 0.4) is 0 Å². The highest BCUT2D eigenvalue weighted by Gasteiger charge is 2.28. The van der Waals surface area contributed by atoms with Crippen LogP contribution in [0.15, 0.2) is 18.2 Å². The molecule has 0 N–H and O–H groups in total. The first kappa shape index (κ1) is 13.5. The molecule has 1 saturated heterocycles. The number of nitrogens with zero attached hydrogens (tertiary/aromatic N) is 1. The van der Waals surface area contributed by atoms with Crippen molar-refractivity contribution in [2.45, 2.75) is 32.2 Å². The minimum Gasteiger partial charge on any atom is -0.335 e. The van der Waals surface area contributed by atoms with E-state index < -0.39 is 5.82 Å². The van der Waals surface area contributed by atoms with Gasteiger partial charge in [-0.15, -0.1) is 0 Å². The van der Waals surface area contributed by atoms with Crippen LogP contribution in [-0.4, -0.2) is 28.7 Å². The van der Waals surface area contributed by atoms with Crippen molar-refractivity contribution < 1.29 is 9.18 Å². The van der Waals surface area contributed by atoms with Crippen LogP contribution in [0.4, 0.5) is 4.39 Å². The van der Waals surface area contributed by atoms with Gasteiger partial charge in [0, 0.05) is 17.9 Å². The number of piperidine rings is 1. The number of likely N-dealkylation sites (tertiary alicyclic amines) is 1. The van der Waals surface area contributed by atoms with Crippen LogP contribution >= 0.6 is 15.9 Å². The Balaban J connectivity index is 2.26. The van der Waals surface area contributed by atoms with Gasteiger partial charge in [0.15, 0.2) is 0 Å². The molecule has 1 aliphatic rings. The highest BCUT2D eigenvalue weighted by atomic mass is 79.9. The molecule has 0 aliphatic carbocycles. The van der Waals surface area contributed by atoms with Gasteiger partial charge in [0.1, 0.15) is 5.82 Å². The molecule has 98 valence electrons. The van der Waals surface area contributed by atoms with Crippen LogP contribution in [0, 0.1) is 12.7 Å². The summed E-state index contributed by atoms with van der Waals surface area (Å²) in [4.78, 5) is 14.2. The predicted octanol–water partition coefficient (Wildman–Crippen LogP) is 3.52. The molecule has 0 saturated carbocycles. The van der Waals surface area contributed by atoms with Crippen molar-refractivity contribution in [3.05, 3.63) is 35.1 Å². The third-order valence-corrected chi connectivity index (χ3v) is 4.17. The second-order valence-electron chi connectivity index (χ2n) is 4.79. The Bertz CT molecular complexity index is 449. The van der Waals surface area contributed by atoms with E-state index in [1.165, 1.54) is 6.07 Å². The first-order valence-electron chi connectivity index (χ1n) is 6.26. The molecule has 1 aromatic rings. The summed E-state index contributed by atoms with van der Waals surface area (Å²) in [5.74, 6) is -0.607. The number of benzene rings is 1. The van der Waals surface area contributed by atoms with Crippen molar-refractivity contribution in [1.29, 1.82) is 0 Å². The number of amides is 1. The molecule has 1 unspecified atom stereocenters. The summed E-state index contributed by atoms with van der Waals surface area (Å²) in [7, 11) is 0. The zero-order valence-corrected chi connectivity index (χ0v) is 12.0. The van der Waals surface area contributed by atoms with E-state index in [9.17, 15) is 9.18 Å². The van der Waals surface area contributed by atoms with Gasteiger partial charge in [-0.25, -0.2) is 4.39 Å². The van der Waals surface area contributed by atoms with E-state index in [1.54, 1.807) is 17.0 Å². The SMILES string of the molecule is Cc1ccc(F)c(C(=O)N2CCCCC2CBr)c1. The molecule has 1 aliphatic heterocycles. The Morgan fingerprint density at radius 3 is 3.00 bits per heavy atom. The van der Waals surface area contributed by atoms with E-state index in [0.717, 1.165) is 36.7 Å². The average Bonchev–Trinajstić information content (AvgIpc) is 2.40. The summed E-state index contributed by atoms with van der Waals surface area (Å²) in [5.41, 5.74) is 1.11. The van der Waals surface area contributed by atoms with Gasteiger partial charge in [0.25, 0.3) is 5.91 Å². The maximum atomic E-state index is 13.7. The summed E-state index contributed by atoms with van der Waals surface area (Å²) in [6, 6.07) is 4.88. The summed E-state index contributed by atoms with van der Waals surface area (Å²) >= 11 is 3.44. The minimum absolute atomic E-state index is 0.180. The number of hydrogen-bond acceptors (Lipinski definition) is 1. The highest BCUT2D eigenvalue weighted by molar-refractivity contribution is 9.09. The van der Waals surface area contributed by atoms with Gasteiger partial charge in [-0.05, 0) is 38.3 Å². The third-order valence-electron chi connectivity index (χ3n) is 3.42. The molecule has 0 aromatic heterocycles. The van der Waals surface area contributed by atoms with Gasteiger partial charge in [0.2, 0.25) is 0 Å². The highest BCUT2D eigenvalue weighted by Crippen LogP contribution is 2.22. The van der Waals surface area contributed by atoms with Crippen LogP contribution in [0.2, 0.25) is 0 Å². The van der Waals surface area contributed by atoms with E-state index in [1.807, 2.05) is 6.92 Å². The van der Waals surface area contributed by atoms with Crippen molar-refractivity contribution >= 4 is 21.8 Å². The van der Waals surface area contributed by atoms with Crippen molar-refractivity contribution in [3.8, 4) is 0 Å². The molecule has 1 amide bonds. The van der Waals surface area contributed by atoms with Crippen LogP contribution in [0.25, 0.3) is 0 Å². The van der Waals surface area contributed by atoms with Gasteiger partial charge in [-0.2, -0.15) is 0 Å². The number of carbonyl (C=O) groups is 1. The van der Waals surface area contributed by atoms with Crippen molar-refractivity contribution in [1.82, 2.24) is 4.90 Å². The molecule has 0 bridgehead atoms. The molecule has 1 aromatic carbocycles. The maximum Gasteiger partial charge on any atom is 0.257 e. The Kier molecular flexibility index (Phi) is 4.38. The maximum absolute atomic E-state index is 13.7. The minimum atomic E-state index is -0.426. The summed E-state index contributed by atoms with van der Waals surface area (Å²) in [6.45, 7) is 2.59. The molecule has 0 radical (unpaired) electrons. The van der Waals surface area contributed by atoms with Gasteiger partial charge >= 0.3 is 0 Å². The van der Waals surface area contributed by atoms with E-state index in [4.69, 9.17) is 0 Å². The second kappa shape index (κ2) is 5.83. The Morgan fingerprint density at radius 2 is 2.28 bits per heavy atom. The molecule has 4 heteroatoms. The normalized spacial score (nSPS) is 19.9. The molecular weight excluding hydrogens is 297 g/mol. The second-order valence-corrected chi connectivity index (χ2v) is 5.43. The zero-order valence-electron chi connectivity index (χ0n) is 10.5. The Morgan fingerprint density at radius 1 is 1.50 bits per heavy atom. The van der Waals surface area contributed by atoms with E-state index >= 15 is 0 Å². The number of alkyl halides is 1. The predicted molar refractivity (Wildman–Crippen MR) is 73.6 cm³/mol. The van der Waals surface area contributed by atoms with E-state index in [-0.39, 0.29) is 17.5 Å². The third kappa shape index (κ3) is 2.74. The van der Waals surface area contributed by atoms with Crippen molar-refractivity contribution in [2.24, 2.45) is 0 Å². The largest absolute Gasteiger partial charge is 0.335 e. The average molecular weight is 314 g/mol. The zero-order chi connectivity index (χ0) is 13.1. The van der Waals surface area contributed by atoms with Gasteiger partial charge in [-0.3, -0.25) is 4.79 Å². The quantitative estimate of drug-likeness (QED) is 0.765. The smallest absolute Gasteiger partial charge is 0.257 e. The van der Waals surface area contributed by atoms with Gasteiger partial charge in [0.05, 0.1) is 5.56 Å². The first-order chi connectivity index (χ1) is 8.63. The van der Waals surface area contributed by atoms with Crippen LogP contribution < -0.4 is 0 Å². The van der Waals surface area contributed by atoms with Gasteiger partial charge in [-0.1, -0.05) is 27.6 Å². The fourth-order valence-electron chi connectivity index (χ4n) is 2.39. The molecule has 2 nitrogen and oxygen atoms in total. The molecule has 0 spiro atoms. The Labute approximate surface area is 115 Å². The molecule has 18 heavy (non-hydrogen) atoms. The van der Waals surface area contributed by atoms with Crippen LogP contribution in [-0.2, 0) is 0 Å². The molecule has 1 atom stereocenters. The number of halogens is 2. The fraction of sp³-hybridized carbons (Fsp3) is 0.500. The van der Waals surface area contributed by atoms with E-state index in [0.29, 0.717) is 0 Å². The number of rotatable bonds is 2. The lowest BCUT2D eigenvalue weighted by Gasteiger charge is -2.34. The molecule has 1 fully saturated rings. The standard InChI is InChI=1S/C14H17BrFNO/c1-10-5-6-13(16)12(8-10)14(18)17-7-3-2-4-11(17)9-15/h5-6,8,11H,2-4,7,9H2,1H3. The van der Waals surface area contributed by atoms with Crippen molar-refractivity contribution in [3.63, 3.8) is 0 Å². The lowest BCUT2D eigenvalue weighted by molar-refractivity contribution is 0.0637. The lowest BCUT2D eigenvalue weighted by atomic mass is 10.0. The monoisotopic (exact) mass is 313 g/mol. The molecule has 2 rings (SSSR count). The molecule has 1 heterocycles.